The Kier molecular flexibility index (Phi) is 7.57. The van der Waals surface area contributed by atoms with E-state index in [2.05, 4.69) is 132 Å². The number of fused-ring (bicyclic) bond motifs is 4. The SMILES string of the molecule is CC(C)(C)c1ccc(-c2cc3c(c(P(=O)(O)O)c2-c2ccc(C(C)(C)C)cc2C(C)(C)C)-c2ccccc2-3)c(C(C)(C)C)c1. The molecular formula is C40H49O3P. The number of hydrogen-bond acceptors (Lipinski definition) is 1. The fourth-order valence-corrected chi connectivity index (χ4v) is 7.58. The van der Waals surface area contributed by atoms with Crippen LogP contribution in [-0.4, -0.2) is 9.79 Å². The van der Waals surface area contributed by atoms with Gasteiger partial charge in [-0.15, -0.1) is 0 Å². The number of rotatable bonds is 3. The second-order valence-corrected chi connectivity index (χ2v) is 18.2. The Labute approximate surface area is 264 Å². The predicted molar refractivity (Wildman–Crippen MR) is 188 cm³/mol. The van der Waals surface area contributed by atoms with Crippen LogP contribution in [0.1, 0.15) is 105 Å². The van der Waals surface area contributed by atoms with E-state index in [1.807, 2.05) is 18.2 Å². The van der Waals surface area contributed by atoms with Crippen LogP contribution in [0.5, 0.6) is 0 Å². The fraction of sp³-hybridized carbons (Fsp3) is 0.400. The van der Waals surface area contributed by atoms with Crippen LogP contribution in [0.25, 0.3) is 44.5 Å². The first kappa shape index (κ1) is 32.4. The smallest absolute Gasteiger partial charge is 0.321 e. The molecule has 0 saturated carbocycles. The second kappa shape index (κ2) is 10.3. The highest BCUT2D eigenvalue weighted by Gasteiger charge is 2.39. The first-order chi connectivity index (χ1) is 20.0. The van der Waals surface area contributed by atoms with Gasteiger partial charge in [0.25, 0.3) is 0 Å². The van der Waals surface area contributed by atoms with Crippen molar-refractivity contribution in [1.29, 1.82) is 0 Å². The lowest BCUT2D eigenvalue weighted by Gasteiger charge is -2.35. The van der Waals surface area contributed by atoms with Crippen LogP contribution in [0.4, 0.5) is 0 Å². The molecule has 0 fully saturated rings. The molecule has 0 aliphatic heterocycles. The first-order valence-electron chi connectivity index (χ1n) is 15.7. The first-order valence-corrected chi connectivity index (χ1v) is 17.3. The van der Waals surface area contributed by atoms with E-state index in [0.717, 1.165) is 38.9 Å². The lowest BCUT2D eigenvalue weighted by atomic mass is 9.71. The molecule has 0 unspecified atom stereocenters. The van der Waals surface area contributed by atoms with Gasteiger partial charge in [-0.2, -0.15) is 0 Å². The van der Waals surface area contributed by atoms with Gasteiger partial charge in [-0.05, 0) is 83.4 Å². The monoisotopic (exact) mass is 608 g/mol. The van der Waals surface area contributed by atoms with Gasteiger partial charge in [0.1, 0.15) is 0 Å². The van der Waals surface area contributed by atoms with Crippen LogP contribution in [-0.2, 0) is 26.2 Å². The van der Waals surface area contributed by atoms with Gasteiger partial charge >= 0.3 is 7.60 Å². The van der Waals surface area contributed by atoms with Gasteiger partial charge in [0.05, 0.1) is 5.30 Å². The second-order valence-electron chi connectivity index (χ2n) is 16.7. The molecule has 4 heteroatoms. The third-order valence-corrected chi connectivity index (χ3v) is 10.1. The molecule has 3 nitrogen and oxygen atoms in total. The van der Waals surface area contributed by atoms with Gasteiger partial charge in [-0.3, -0.25) is 4.57 Å². The topological polar surface area (TPSA) is 57.5 Å². The molecule has 4 aromatic carbocycles. The van der Waals surface area contributed by atoms with E-state index in [1.165, 1.54) is 16.7 Å². The molecule has 2 N–H and O–H groups in total. The summed E-state index contributed by atoms with van der Waals surface area (Å²) in [6.45, 7) is 26.5. The Morgan fingerprint density at radius 3 is 1.32 bits per heavy atom. The predicted octanol–water partition coefficient (Wildman–Crippen LogP) is 10.7. The average molecular weight is 609 g/mol. The molecule has 4 aromatic rings. The molecule has 0 heterocycles. The standard InChI is InChI=1S/C40H49O3P/c1-37(2,3)24-17-19-27(32(21-24)39(7,8)9)31-23-30-26-15-13-14-16-28(26)34(30)36(44(41,42)43)35(31)29-20-18-25(38(4,5)6)22-33(29)40(10,11)12/h13-23H,1-12H3,(H2,41,42,43). The third-order valence-electron chi connectivity index (χ3n) is 9.03. The molecule has 1 aliphatic carbocycles. The summed E-state index contributed by atoms with van der Waals surface area (Å²) in [6.07, 6.45) is 0. The van der Waals surface area contributed by atoms with Crippen LogP contribution >= 0.6 is 7.60 Å². The fourth-order valence-electron chi connectivity index (χ4n) is 6.52. The van der Waals surface area contributed by atoms with Crippen LogP contribution in [0.3, 0.4) is 0 Å². The van der Waals surface area contributed by atoms with Crippen LogP contribution in [0.2, 0.25) is 0 Å². The number of hydrogen-bond donors (Lipinski definition) is 2. The van der Waals surface area contributed by atoms with Crippen LogP contribution in [0.15, 0.2) is 66.7 Å². The van der Waals surface area contributed by atoms with Gasteiger partial charge in [-0.25, -0.2) is 0 Å². The molecular weight excluding hydrogens is 559 g/mol. The highest BCUT2D eigenvalue weighted by molar-refractivity contribution is 7.61. The minimum Gasteiger partial charge on any atom is -0.321 e. The summed E-state index contributed by atoms with van der Waals surface area (Å²) >= 11 is 0. The van der Waals surface area contributed by atoms with E-state index in [-0.39, 0.29) is 27.0 Å². The number of benzene rings is 4. The lowest BCUT2D eigenvalue weighted by molar-refractivity contribution is 0.387. The maximum absolute atomic E-state index is 13.8. The highest BCUT2D eigenvalue weighted by Crippen LogP contribution is 2.57. The van der Waals surface area contributed by atoms with Crippen molar-refractivity contribution in [1.82, 2.24) is 0 Å². The zero-order valence-electron chi connectivity index (χ0n) is 28.6. The Morgan fingerprint density at radius 2 is 0.864 bits per heavy atom. The summed E-state index contributed by atoms with van der Waals surface area (Å²) in [6, 6.07) is 23.3. The lowest BCUT2D eigenvalue weighted by Crippen LogP contribution is -2.23. The Hall–Kier alpha value is -2.97. The third kappa shape index (κ3) is 5.64. The molecule has 232 valence electrons. The van der Waals surface area contributed by atoms with Crippen molar-refractivity contribution < 1.29 is 14.4 Å². The molecule has 0 bridgehead atoms. The molecule has 44 heavy (non-hydrogen) atoms. The molecule has 0 aromatic heterocycles. The van der Waals surface area contributed by atoms with Crippen molar-refractivity contribution >= 4 is 12.9 Å². The van der Waals surface area contributed by atoms with E-state index in [4.69, 9.17) is 0 Å². The summed E-state index contributed by atoms with van der Waals surface area (Å²) in [5.74, 6) is 0. The summed E-state index contributed by atoms with van der Waals surface area (Å²) in [5, 5.41) is 0.137. The van der Waals surface area contributed by atoms with Gasteiger partial charge in [0, 0.05) is 11.1 Å². The quantitative estimate of drug-likeness (QED) is 0.200. The van der Waals surface area contributed by atoms with E-state index in [0.29, 0.717) is 11.1 Å². The molecule has 0 radical (unpaired) electrons. The largest absolute Gasteiger partial charge is 0.357 e. The molecule has 5 rings (SSSR count). The zero-order valence-corrected chi connectivity index (χ0v) is 29.5. The zero-order chi connectivity index (χ0) is 32.8. The summed E-state index contributed by atoms with van der Waals surface area (Å²) in [5.41, 5.74) is 11.0. The van der Waals surface area contributed by atoms with E-state index in [9.17, 15) is 14.4 Å². The molecule has 0 atom stereocenters. The molecule has 0 amide bonds. The van der Waals surface area contributed by atoms with Crippen molar-refractivity contribution in [2.75, 3.05) is 0 Å². The van der Waals surface area contributed by atoms with Crippen molar-refractivity contribution in [3.63, 3.8) is 0 Å². The van der Waals surface area contributed by atoms with Crippen molar-refractivity contribution in [3.8, 4) is 44.5 Å². The van der Waals surface area contributed by atoms with Gasteiger partial charge < -0.3 is 9.79 Å². The van der Waals surface area contributed by atoms with Crippen molar-refractivity contribution in [3.05, 3.63) is 89.0 Å². The van der Waals surface area contributed by atoms with E-state index >= 15 is 0 Å². The van der Waals surface area contributed by atoms with E-state index < -0.39 is 7.60 Å². The van der Waals surface area contributed by atoms with Crippen LogP contribution in [0, 0.1) is 0 Å². The Bertz CT molecular complexity index is 1830. The summed E-state index contributed by atoms with van der Waals surface area (Å²) in [4.78, 5) is 22.5. The molecule has 0 spiro atoms. The normalized spacial score (nSPS) is 13.8. The maximum atomic E-state index is 13.8. The van der Waals surface area contributed by atoms with Crippen molar-refractivity contribution in [2.45, 2.75) is 105 Å². The summed E-state index contributed by atoms with van der Waals surface area (Å²) < 4.78 is 13.8. The van der Waals surface area contributed by atoms with Gasteiger partial charge in [-0.1, -0.05) is 144 Å². The highest BCUT2D eigenvalue weighted by atomic mass is 31.2. The maximum Gasteiger partial charge on any atom is 0.357 e. The average Bonchev–Trinajstić information content (AvgIpc) is 2.87. The minimum atomic E-state index is -4.75. The Balaban J connectivity index is 2.01. The summed E-state index contributed by atoms with van der Waals surface area (Å²) in [7, 11) is -4.75. The van der Waals surface area contributed by atoms with Gasteiger partial charge in [0.15, 0.2) is 0 Å². The minimum absolute atomic E-state index is 0.0417. The molecule has 1 aliphatic rings. The van der Waals surface area contributed by atoms with Crippen molar-refractivity contribution in [2.24, 2.45) is 0 Å². The molecule has 0 saturated heterocycles. The van der Waals surface area contributed by atoms with E-state index in [1.54, 1.807) is 0 Å². The van der Waals surface area contributed by atoms with Gasteiger partial charge in [0.2, 0.25) is 0 Å². The Morgan fingerprint density at radius 1 is 0.455 bits per heavy atom. The van der Waals surface area contributed by atoms with Crippen LogP contribution < -0.4 is 5.30 Å².